The minimum atomic E-state index is -0.912. The average molecular weight is 373 g/mol. The number of hydrogen-bond donors (Lipinski definition) is 1. The molecule has 0 aliphatic carbocycles. The molecule has 0 spiro atoms. The molecule has 2 rings (SSSR count). The van der Waals surface area contributed by atoms with Crippen molar-refractivity contribution in [3.05, 3.63) is 33.4 Å². The summed E-state index contributed by atoms with van der Waals surface area (Å²) in [7, 11) is 0. The van der Waals surface area contributed by atoms with Crippen molar-refractivity contribution >= 4 is 34.5 Å². The average Bonchev–Trinajstić information content (AvgIpc) is 2.38. The van der Waals surface area contributed by atoms with Gasteiger partial charge >= 0.3 is 5.97 Å². The van der Waals surface area contributed by atoms with Crippen molar-refractivity contribution in [2.24, 2.45) is 5.92 Å². The van der Waals surface area contributed by atoms with E-state index in [-0.39, 0.29) is 5.91 Å². The molecule has 1 heterocycles. The van der Waals surface area contributed by atoms with E-state index >= 15 is 0 Å². The maximum absolute atomic E-state index is 12.4. The SMILES string of the molecule is CC1CCN(C(=O)c2ccc(I)cc2)C(C(=O)O)C1. The van der Waals surface area contributed by atoms with Crippen LogP contribution in [-0.2, 0) is 4.79 Å². The number of amides is 1. The van der Waals surface area contributed by atoms with Crippen molar-refractivity contribution in [3.8, 4) is 0 Å². The molecular formula is C14H16INO3. The number of likely N-dealkylation sites (tertiary alicyclic amines) is 1. The van der Waals surface area contributed by atoms with Gasteiger partial charge < -0.3 is 10.0 Å². The molecule has 2 unspecified atom stereocenters. The first-order valence-electron chi connectivity index (χ1n) is 6.28. The number of rotatable bonds is 2. The first kappa shape index (κ1) is 14.3. The molecule has 0 radical (unpaired) electrons. The Labute approximate surface area is 125 Å². The van der Waals surface area contributed by atoms with E-state index in [0.29, 0.717) is 24.4 Å². The van der Waals surface area contributed by atoms with E-state index in [1.54, 1.807) is 12.1 Å². The molecule has 4 nitrogen and oxygen atoms in total. The third-order valence-electron chi connectivity index (χ3n) is 3.50. The van der Waals surface area contributed by atoms with E-state index in [0.717, 1.165) is 9.99 Å². The summed E-state index contributed by atoms with van der Waals surface area (Å²) >= 11 is 2.17. The highest BCUT2D eigenvalue weighted by Crippen LogP contribution is 2.24. The Hall–Kier alpha value is -1.11. The third-order valence-corrected chi connectivity index (χ3v) is 4.22. The van der Waals surface area contributed by atoms with Crippen LogP contribution in [0.3, 0.4) is 0 Å². The van der Waals surface area contributed by atoms with Gasteiger partial charge in [0, 0.05) is 15.7 Å². The van der Waals surface area contributed by atoms with Crippen LogP contribution in [0.1, 0.15) is 30.1 Å². The molecule has 1 aromatic carbocycles. The van der Waals surface area contributed by atoms with Gasteiger partial charge in [0.25, 0.3) is 5.91 Å². The van der Waals surface area contributed by atoms with Crippen LogP contribution in [-0.4, -0.2) is 34.5 Å². The van der Waals surface area contributed by atoms with Crippen LogP contribution < -0.4 is 0 Å². The summed E-state index contributed by atoms with van der Waals surface area (Å²) in [5, 5.41) is 9.27. The number of carbonyl (C=O) groups is 2. The Morgan fingerprint density at radius 3 is 2.53 bits per heavy atom. The molecule has 19 heavy (non-hydrogen) atoms. The van der Waals surface area contributed by atoms with Gasteiger partial charge in [-0.15, -0.1) is 0 Å². The first-order valence-corrected chi connectivity index (χ1v) is 7.36. The fourth-order valence-electron chi connectivity index (χ4n) is 2.38. The molecule has 1 aliphatic rings. The number of nitrogens with zero attached hydrogens (tertiary/aromatic N) is 1. The highest BCUT2D eigenvalue weighted by molar-refractivity contribution is 14.1. The molecule has 0 saturated carbocycles. The van der Waals surface area contributed by atoms with Gasteiger partial charge in [-0.2, -0.15) is 0 Å². The molecule has 1 aliphatic heterocycles. The van der Waals surface area contributed by atoms with Crippen LogP contribution in [0, 0.1) is 9.49 Å². The van der Waals surface area contributed by atoms with Crippen LogP contribution in [0.2, 0.25) is 0 Å². The standard InChI is InChI=1S/C14H16INO3/c1-9-6-7-16(12(8-9)14(18)19)13(17)10-2-4-11(15)5-3-10/h2-5,9,12H,6-8H2,1H3,(H,18,19). The molecule has 102 valence electrons. The highest BCUT2D eigenvalue weighted by atomic mass is 127. The summed E-state index contributed by atoms with van der Waals surface area (Å²) in [6, 6.07) is 6.52. The molecule has 1 amide bonds. The normalized spacial score (nSPS) is 23.2. The van der Waals surface area contributed by atoms with Crippen LogP contribution in [0.4, 0.5) is 0 Å². The van der Waals surface area contributed by atoms with E-state index in [4.69, 9.17) is 0 Å². The maximum atomic E-state index is 12.4. The number of carboxylic acid groups (broad SMARTS) is 1. The van der Waals surface area contributed by atoms with Gasteiger partial charge in [-0.05, 0) is 65.6 Å². The Morgan fingerprint density at radius 1 is 1.32 bits per heavy atom. The number of carboxylic acids is 1. The molecule has 1 N–H and O–H groups in total. The smallest absolute Gasteiger partial charge is 0.326 e. The van der Waals surface area contributed by atoms with Crippen molar-refractivity contribution < 1.29 is 14.7 Å². The molecule has 0 bridgehead atoms. The lowest BCUT2D eigenvalue weighted by atomic mass is 9.92. The largest absolute Gasteiger partial charge is 0.480 e. The second-order valence-electron chi connectivity index (χ2n) is 4.99. The fourth-order valence-corrected chi connectivity index (χ4v) is 2.74. The van der Waals surface area contributed by atoms with Crippen molar-refractivity contribution in [2.45, 2.75) is 25.8 Å². The van der Waals surface area contributed by atoms with E-state index in [1.807, 2.05) is 19.1 Å². The van der Waals surface area contributed by atoms with Gasteiger partial charge in [0.2, 0.25) is 0 Å². The Morgan fingerprint density at radius 2 is 1.95 bits per heavy atom. The summed E-state index contributed by atoms with van der Waals surface area (Å²) in [6.07, 6.45) is 1.39. The van der Waals surface area contributed by atoms with E-state index in [2.05, 4.69) is 22.6 Å². The van der Waals surface area contributed by atoms with Crippen LogP contribution in [0.5, 0.6) is 0 Å². The number of carbonyl (C=O) groups excluding carboxylic acids is 1. The van der Waals surface area contributed by atoms with Crippen LogP contribution >= 0.6 is 22.6 Å². The Bertz CT molecular complexity index is 486. The monoisotopic (exact) mass is 373 g/mol. The summed E-state index contributed by atoms with van der Waals surface area (Å²) < 4.78 is 1.05. The lowest BCUT2D eigenvalue weighted by Crippen LogP contribution is -2.49. The molecule has 1 aromatic rings. The topological polar surface area (TPSA) is 57.6 Å². The third kappa shape index (κ3) is 3.26. The summed E-state index contributed by atoms with van der Waals surface area (Å²) in [6.45, 7) is 2.55. The zero-order chi connectivity index (χ0) is 14.0. The lowest BCUT2D eigenvalue weighted by Gasteiger charge is -2.36. The van der Waals surface area contributed by atoms with Gasteiger partial charge in [-0.1, -0.05) is 6.92 Å². The van der Waals surface area contributed by atoms with Crippen molar-refractivity contribution in [1.82, 2.24) is 4.90 Å². The van der Waals surface area contributed by atoms with Crippen LogP contribution in [0.15, 0.2) is 24.3 Å². The number of benzene rings is 1. The molecule has 1 fully saturated rings. The second-order valence-corrected chi connectivity index (χ2v) is 6.23. The van der Waals surface area contributed by atoms with Gasteiger partial charge in [0.05, 0.1) is 0 Å². The maximum Gasteiger partial charge on any atom is 0.326 e. The summed E-state index contributed by atoms with van der Waals surface area (Å²) in [5.41, 5.74) is 0.557. The molecule has 2 atom stereocenters. The van der Waals surface area contributed by atoms with Crippen LogP contribution in [0.25, 0.3) is 0 Å². The van der Waals surface area contributed by atoms with Gasteiger partial charge in [-0.3, -0.25) is 4.79 Å². The zero-order valence-electron chi connectivity index (χ0n) is 10.7. The number of hydrogen-bond acceptors (Lipinski definition) is 2. The van der Waals surface area contributed by atoms with E-state index in [1.165, 1.54) is 4.90 Å². The second kappa shape index (κ2) is 5.90. The van der Waals surface area contributed by atoms with Crippen molar-refractivity contribution in [2.75, 3.05) is 6.54 Å². The zero-order valence-corrected chi connectivity index (χ0v) is 12.8. The number of aliphatic carboxylic acids is 1. The predicted octanol–water partition coefficient (Wildman–Crippen LogP) is 2.62. The van der Waals surface area contributed by atoms with Gasteiger partial charge in [0.15, 0.2) is 0 Å². The Balaban J connectivity index is 2.21. The fraction of sp³-hybridized carbons (Fsp3) is 0.429. The van der Waals surface area contributed by atoms with E-state index in [9.17, 15) is 14.7 Å². The molecule has 5 heteroatoms. The quantitative estimate of drug-likeness (QED) is 0.811. The van der Waals surface area contributed by atoms with Crippen molar-refractivity contribution in [3.63, 3.8) is 0 Å². The predicted molar refractivity (Wildman–Crippen MR) is 80.0 cm³/mol. The van der Waals surface area contributed by atoms with Gasteiger partial charge in [0.1, 0.15) is 6.04 Å². The minimum absolute atomic E-state index is 0.185. The van der Waals surface area contributed by atoms with Crippen molar-refractivity contribution in [1.29, 1.82) is 0 Å². The minimum Gasteiger partial charge on any atom is -0.480 e. The summed E-state index contributed by atoms with van der Waals surface area (Å²) in [4.78, 5) is 25.2. The lowest BCUT2D eigenvalue weighted by molar-refractivity contribution is -0.144. The highest BCUT2D eigenvalue weighted by Gasteiger charge is 2.34. The molecule has 0 aromatic heterocycles. The first-order chi connectivity index (χ1) is 8.99. The summed E-state index contributed by atoms with van der Waals surface area (Å²) in [5.74, 6) is -0.747. The number of halogens is 1. The van der Waals surface area contributed by atoms with Gasteiger partial charge in [-0.25, -0.2) is 4.79 Å². The Kier molecular flexibility index (Phi) is 4.44. The molecule has 1 saturated heterocycles. The molecular weight excluding hydrogens is 357 g/mol. The van der Waals surface area contributed by atoms with E-state index < -0.39 is 12.0 Å². The number of piperidine rings is 1.